The van der Waals surface area contributed by atoms with E-state index in [0.29, 0.717) is 24.2 Å². The number of halogens is 3. The highest BCUT2D eigenvalue weighted by molar-refractivity contribution is 5.96. The molecule has 1 fully saturated rings. The lowest BCUT2D eigenvalue weighted by atomic mass is 9.80. The van der Waals surface area contributed by atoms with Crippen LogP contribution in [0.1, 0.15) is 31.2 Å². The second-order valence-electron chi connectivity index (χ2n) is 5.63. The molecule has 0 radical (unpaired) electrons. The Labute approximate surface area is 121 Å². The minimum atomic E-state index is -4.22. The van der Waals surface area contributed by atoms with Gasteiger partial charge in [0.25, 0.3) is 0 Å². The maximum atomic E-state index is 12.8. The van der Waals surface area contributed by atoms with Gasteiger partial charge in [0, 0.05) is 5.92 Å². The van der Waals surface area contributed by atoms with Crippen LogP contribution in [0.3, 0.4) is 0 Å². The number of aryl methyl sites for hydroxylation is 1. The smallest absolute Gasteiger partial charge is 0.391 e. The SMILES string of the molecule is Cc1cccc(N)c1NC(=O)C1CCCC(C(F)(F)F)C1. The first-order valence-electron chi connectivity index (χ1n) is 7.01. The standard InChI is InChI=1S/C15H19F3N2O/c1-9-4-2-7-12(19)13(9)20-14(21)10-5-3-6-11(8-10)15(16,17)18/h2,4,7,10-11H,3,5-6,8,19H2,1H3,(H,20,21). The van der Waals surface area contributed by atoms with E-state index in [2.05, 4.69) is 5.32 Å². The quantitative estimate of drug-likeness (QED) is 0.814. The van der Waals surface area contributed by atoms with Crippen LogP contribution in [0.5, 0.6) is 0 Å². The summed E-state index contributed by atoms with van der Waals surface area (Å²) in [7, 11) is 0. The topological polar surface area (TPSA) is 55.1 Å². The van der Waals surface area contributed by atoms with E-state index in [0.717, 1.165) is 5.56 Å². The van der Waals surface area contributed by atoms with Gasteiger partial charge in [-0.1, -0.05) is 18.6 Å². The van der Waals surface area contributed by atoms with E-state index in [9.17, 15) is 18.0 Å². The summed E-state index contributed by atoms with van der Waals surface area (Å²) in [6.07, 6.45) is -3.34. The third-order valence-electron chi connectivity index (χ3n) is 4.06. The Morgan fingerprint density at radius 2 is 2.05 bits per heavy atom. The molecule has 1 saturated carbocycles. The lowest BCUT2D eigenvalue weighted by Gasteiger charge is -2.30. The van der Waals surface area contributed by atoms with Gasteiger partial charge in [0.1, 0.15) is 0 Å². The molecule has 0 heterocycles. The molecule has 1 aliphatic rings. The van der Waals surface area contributed by atoms with Crippen molar-refractivity contribution >= 4 is 17.3 Å². The number of nitrogen functional groups attached to an aromatic ring is 1. The minimum Gasteiger partial charge on any atom is -0.397 e. The molecule has 2 unspecified atom stereocenters. The van der Waals surface area contributed by atoms with Crippen LogP contribution in [-0.2, 0) is 4.79 Å². The van der Waals surface area contributed by atoms with E-state index in [-0.39, 0.29) is 18.7 Å². The number of anilines is 2. The lowest BCUT2D eigenvalue weighted by molar-refractivity contribution is -0.185. The Kier molecular flexibility index (Phi) is 4.44. The Hall–Kier alpha value is -1.72. The largest absolute Gasteiger partial charge is 0.397 e. The normalized spacial score (nSPS) is 22.9. The Bertz CT molecular complexity index is 508. The van der Waals surface area contributed by atoms with Gasteiger partial charge >= 0.3 is 6.18 Å². The van der Waals surface area contributed by atoms with Gasteiger partial charge in [0.2, 0.25) is 5.91 Å². The van der Waals surface area contributed by atoms with E-state index in [1.807, 2.05) is 0 Å². The Balaban J connectivity index is 2.07. The summed E-state index contributed by atoms with van der Waals surface area (Å²) in [4.78, 5) is 12.2. The first kappa shape index (κ1) is 15.7. The molecule has 2 rings (SSSR count). The van der Waals surface area contributed by atoms with Crippen LogP contribution in [-0.4, -0.2) is 12.1 Å². The molecule has 1 aliphatic carbocycles. The van der Waals surface area contributed by atoms with Crippen molar-refractivity contribution in [1.82, 2.24) is 0 Å². The van der Waals surface area contributed by atoms with Gasteiger partial charge in [-0.15, -0.1) is 0 Å². The molecular formula is C15H19F3N2O. The number of hydrogen-bond donors (Lipinski definition) is 2. The fraction of sp³-hybridized carbons (Fsp3) is 0.533. The van der Waals surface area contributed by atoms with Crippen LogP contribution >= 0.6 is 0 Å². The third-order valence-corrected chi connectivity index (χ3v) is 4.06. The van der Waals surface area contributed by atoms with Gasteiger partial charge in [-0.3, -0.25) is 4.79 Å². The van der Waals surface area contributed by atoms with Crippen molar-refractivity contribution in [2.24, 2.45) is 11.8 Å². The average molecular weight is 300 g/mol. The Morgan fingerprint density at radius 1 is 1.33 bits per heavy atom. The van der Waals surface area contributed by atoms with Crippen LogP contribution in [0.15, 0.2) is 18.2 Å². The molecule has 0 bridgehead atoms. The minimum absolute atomic E-state index is 0.111. The number of amides is 1. The predicted octanol–water partition coefficient (Wildman–Crippen LogP) is 3.88. The van der Waals surface area contributed by atoms with Crippen molar-refractivity contribution in [2.45, 2.75) is 38.8 Å². The fourth-order valence-corrected chi connectivity index (χ4v) is 2.81. The van der Waals surface area contributed by atoms with Gasteiger partial charge in [0.05, 0.1) is 17.3 Å². The van der Waals surface area contributed by atoms with Crippen molar-refractivity contribution in [2.75, 3.05) is 11.1 Å². The molecule has 116 valence electrons. The highest BCUT2D eigenvalue weighted by Crippen LogP contribution is 2.40. The van der Waals surface area contributed by atoms with Crippen molar-refractivity contribution in [3.63, 3.8) is 0 Å². The molecule has 1 aromatic rings. The van der Waals surface area contributed by atoms with E-state index in [1.165, 1.54) is 0 Å². The van der Waals surface area contributed by atoms with Crippen LogP contribution in [0.4, 0.5) is 24.5 Å². The number of nitrogens with one attached hydrogen (secondary N) is 1. The summed E-state index contributed by atoms with van der Waals surface area (Å²) >= 11 is 0. The third kappa shape index (κ3) is 3.68. The summed E-state index contributed by atoms with van der Waals surface area (Å²) < 4.78 is 38.3. The molecular weight excluding hydrogens is 281 g/mol. The number of alkyl halides is 3. The molecule has 1 amide bonds. The monoisotopic (exact) mass is 300 g/mol. The zero-order chi connectivity index (χ0) is 15.6. The second-order valence-corrected chi connectivity index (χ2v) is 5.63. The Morgan fingerprint density at radius 3 is 2.67 bits per heavy atom. The van der Waals surface area contributed by atoms with Crippen molar-refractivity contribution in [3.8, 4) is 0 Å². The first-order valence-corrected chi connectivity index (χ1v) is 7.01. The van der Waals surface area contributed by atoms with Crippen molar-refractivity contribution in [1.29, 1.82) is 0 Å². The average Bonchev–Trinajstić information content (AvgIpc) is 2.42. The van der Waals surface area contributed by atoms with Gasteiger partial charge < -0.3 is 11.1 Å². The van der Waals surface area contributed by atoms with E-state index >= 15 is 0 Å². The second kappa shape index (κ2) is 5.95. The molecule has 1 aromatic carbocycles. The number of carbonyl (C=O) groups excluding carboxylic acids is 1. The number of benzene rings is 1. The van der Waals surface area contributed by atoms with Gasteiger partial charge in [-0.25, -0.2) is 0 Å². The number of carbonyl (C=O) groups is 1. The van der Waals surface area contributed by atoms with Crippen LogP contribution < -0.4 is 11.1 Å². The maximum absolute atomic E-state index is 12.8. The molecule has 21 heavy (non-hydrogen) atoms. The number of nitrogens with two attached hydrogens (primary N) is 1. The van der Waals surface area contributed by atoms with Crippen LogP contribution in [0.2, 0.25) is 0 Å². The van der Waals surface area contributed by atoms with Gasteiger partial charge in [-0.2, -0.15) is 13.2 Å². The van der Waals surface area contributed by atoms with Crippen LogP contribution in [0.25, 0.3) is 0 Å². The maximum Gasteiger partial charge on any atom is 0.391 e. The number of hydrogen-bond acceptors (Lipinski definition) is 2. The van der Waals surface area contributed by atoms with Crippen LogP contribution in [0, 0.1) is 18.8 Å². The molecule has 0 aromatic heterocycles. The molecule has 0 aliphatic heterocycles. The summed E-state index contributed by atoms with van der Waals surface area (Å²) in [5, 5.41) is 2.69. The fourth-order valence-electron chi connectivity index (χ4n) is 2.81. The molecule has 0 saturated heterocycles. The van der Waals surface area contributed by atoms with E-state index in [4.69, 9.17) is 5.73 Å². The molecule has 3 N–H and O–H groups in total. The summed E-state index contributed by atoms with van der Waals surface area (Å²) in [5.74, 6) is -2.36. The zero-order valence-corrected chi connectivity index (χ0v) is 11.8. The molecule has 6 heteroatoms. The summed E-state index contributed by atoms with van der Waals surface area (Å²) in [6.45, 7) is 1.80. The highest BCUT2D eigenvalue weighted by Gasteiger charge is 2.43. The molecule has 2 atom stereocenters. The van der Waals surface area contributed by atoms with Crippen molar-refractivity contribution < 1.29 is 18.0 Å². The zero-order valence-electron chi connectivity index (χ0n) is 11.8. The lowest BCUT2D eigenvalue weighted by Crippen LogP contribution is -2.34. The van der Waals surface area contributed by atoms with E-state index in [1.54, 1.807) is 25.1 Å². The van der Waals surface area contributed by atoms with E-state index < -0.39 is 18.0 Å². The number of rotatable bonds is 2. The number of para-hydroxylation sites is 1. The summed E-state index contributed by atoms with van der Waals surface area (Å²) in [5.41, 5.74) is 7.52. The van der Waals surface area contributed by atoms with Gasteiger partial charge in [0.15, 0.2) is 0 Å². The predicted molar refractivity (Wildman–Crippen MR) is 75.7 cm³/mol. The van der Waals surface area contributed by atoms with Crippen molar-refractivity contribution in [3.05, 3.63) is 23.8 Å². The molecule has 3 nitrogen and oxygen atoms in total. The first-order chi connectivity index (χ1) is 9.79. The molecule has 0 spiro atoms. The highest BCUT2D eigenvalue weighted by atomic mass is 19.4. The van der Waals surface area contributed by atoms with Gasteiger partial charge in [-0.05, 0) is 37.8 Å². The summed E-state index contributed by atoms with van der Waals surface area (Å²) in [6, 6.07) is 5.22.